The first kappa shape index (κ1) is 14.9. The van der Waals surface area contributed by atoms with Crippen LogP contribution in [0, 0.1) is 0 Å². The predicted octanol–water partition coefficient (Wildman–Crippen LogP) is 2.94. The largest absolute Gasteiger partial charge is 0.334 e. The maximum atomic E-state index is 5.27. The van der Waals surface area contributed by atoms with Gasteiger partial charge in [0.1, 0.15) is 12.7 Å². The highest BCUT2D eigenvalue weighted by Gasteiger charge is 2.07. The molecule has 0 atom stereocenters. The third kappa shape index (κ3) is 3.66. The second-order valence-electron chi connectivity index (χ2n) is 5.37. The standard InChI is InChI=1S/C18H14N6O/c1-2-14(10-19-9-1)5-8-17-22-18(23-25-17)16-6-3-15(4-7-16)11-24-13-20-12-21-24/h1-10,12-13H,11H2/b8-5+. The van der Waals surface area contributed by atoms with Crippen LogP contribution in [0.15, 0.2) is 66.0 Å². The van der Waals surface area contributed by atoms with Crippen molar-refractivity contribution in [3.63, 3.8) is 0 Å². The van der Waals surface area contributed by atoms with Gasteiger partial charge in [0.2, 0.25) is 5.82 Å². The Morgan fingerprint density at radius 2 is 1.96 bits per heavy atom. The molecule has 0 aliphatic rings. The van der Waals surface area contributed by atoms with Crippen LogP contribution in [0.5, 0.6) is 0 Å². The zero-order valence-electron chi connectivity index (χ0n) is 13.2. The maximum Gasteiger partial charge on any atom is 0.250 e. The van der Waals surface area contributed by atoms with Crippen molar-refractivity contribution in [3.8, 4) is 11.4 Å². The van der Waals surface area contributed by atoms with E-state index in [1.54, 1.807) is 29.5 Å². The highest BCUT2D eigenvalue weighted by atomic mass is 16.5. The van der Waals surface area contributed by atoms with Gasteiger partial charge in [-0.15, -0.1) is 0 Å². The van der Waals surface area contributed by atoms with E-state index in [0.717, 1.165) is 16.7 Å². The van der Waals surface area contributed by atoms with E-state index in [2.05, 4.69) is 25.2 Å². The molecule has 4 aromatic rings. The van der Waals surface area contributed by atoms with Crippen molar-refractivity contribution >= 4 is 12.2 Å². The number of aromatic nitrogens is 6. The highest BCUT2D eigenvalue weighted by molar-refractivity contribution is 5.66. The summed E-state index contributed by atoms with van der Waals surface area (Å²) in [6, 6.07) is 11.8. The molecule has 3 aromatic heterocycles. The third-order valence-corrected chi connectivity index (χ3v) is 3.57. The quantitative estimate of drug-likeness (QED) is 0.559. The summed E-state index contributed by atoms with van der Waals surface area (Å²) in [6.45, 7) is 0.672. The zero-order chi connectivity index (χ0) is 16.9. The van der Waals surface area contributed by atoms with E-state index in [1.807, 2.05) is 42.5 Å². The lowest BCUT2D eigenvalue weighted by molar-refractivity contribution is 0.411. The number of hydrogen-bond acceptors (Lipinski definition) is 6. The lowest BCUT2D eigenvalue weighted by Gasteiger charge is -2.01. The molecule has 25 heavy (non-hydrogen) atoms. The third-order valence-electron chi connectivity index (χ3n) is 3.57. The zero-order valence-corrected chi connectivity index (χ0v) is 13.2. The van der Waals surface area contributed by atoms with Crippen molar-refractivity contribution in [1.82, 2.24) is 29.9 Å². The summed E-state index contributed by atoms with van der Waals surface area (Å²) in [7, 11) is 0. The fraction of sp³-hybridized carbons (Fsp3) is 0.0556. The van der Waals surface area contributed by atoms with Crippen LogP contribution in [0.4, 0.5) is 0 Å². The Labute approximate surface area is 143 Å². The second-order valence-corrected chi connectivity index (χ2v) is 5.37. The summed E-state index contributed by atoms with van der Waals surface area (Å²) < 4.78 is 7.03. The molecule has 1 aromatic carbocycles. The van der Waals surface area contributed by atoms with Gasteiger partial charge >= 0.3 is 0 Å². The summed E-state index contributed by atoms with van der Waals surface area (Å²) in [6.07, 6.45) is 10.4. The lowest BCUT2D eigenvalue weighted by atomic mass is 10.1. The molecule has 0 aliphatic carbocycles. The van der Waals surface area contributed by atoms with Crippen molar-refractivity contribution in [2.24, 2.45) is 0 Å². The smallest absolute Gasteiger partial charge is 0.250 e. The summed E-state index contributed by atoms with van der Waals surface area (Å²) in [5.41, 5.74) is 2.99. The van der Waals surface area contributed by atoms with Gasteiger partial charge in [-0.1, -0.05) is 35.5 Å². The molecule has 0 saturated carbocycles. The molecular weight excluding hydrogens is 316 g/mol. The van der Waals surface area contributed by atoms with Gasteiger partial charge in [-0.3, -0.25) is 4.98 Å². The van der Waals surface area contributed by atoms with Crippen LogP contribution in [-0.4, -0.2) is 29.9 Å². The average Bonchev–Trinajstić information content (AvgIpc) is 3.34. The second kappa shape index (κ2) is 6.88. The Hall–Kier alpha value is -3.61. The molecule has 7 heteroatoms. The molecule has 0 N–H and O–H groups in total. The molecule has 0 radical (unpaired) electrons. The van der Waals surface area contributed by atoms with Crippen molar-refractivity contribution in [1.29, 1.82) is 0 Å². The van der Waals surface area contributed by atoms with Gasteiger partial charge < -0.3 is 4.52 Å². The average molecular weight is 330 g/mol. The van der Waals surface area contributed by atoms with E-state index >= 15 is 0 Å². The Kier molecular flexibility index (Phi) is 4.11. The van der Waals surface area contributed by atoms with Gasteiger partial charge in [-0.2, -0.15) is 10.1 Å². The molecule has 3 heterocycles. The van der Waals surface area contributed by atoms with E-state index in [1.165, 1.54) is 6.33 Å². The van der Waals surface area contributed by atoms with Crippen molar-refractivity contribution in [2.75, 3.05) is 0 Å². The van der Waals surface area contributed by atoms with Gasteiger partial charge in [-0.25, -0.2) is 9.67 Å². The molecule has 4 rings (SSSR count). The van der Waals surface area contributed by atoms with Gasteiger partial charge in [0.05, 0.1) is 6.54 Å². The molecule has 0 unspecified atom stereocenters. The van der Waals surface area contributed by atoms with Crippen LogP contribution < -0.4 is 0 Å². The molecule has 0 bridgehead atoms. The number of benzene rings is 1. The predicted molar refractivity (Wildman–Crippen MR) is 92.0 cm³/mol. The first-order valence-electron chi connectivity index (χ1n) is 7.70. The summed E-state index contributed by atoms with van der Waals surface area (Å²) in [5, 5.41) is 8.12. The van der Waals surface area contributed by atoms with E-state index in [0.29, 0.717) is 18.3 Å². The van der Waals surface area contributed by atoms with E-state index in [9.17, 15) is 0 Å². The Bertz CT molecular complexity index is 959. The summed E-state index contributed by atoms with van der Waals surface area (Å²) in [4.78, 5) is 12.4. The summed E-state index contributed by atoms with van der Waals surface area (Å²) >= 11 is 0. The Balaban J connectivity index is 1.47. The van der Waals surface area contributed by atoms with Gasteiger partial charge in [0.25, 0.3) is 5.89 Å². The molecule has 122 valence electrons. The highest BCUT2D eigenvalue weighted by Crippen LogP contribution is 2.18. The lowest BCUT2D eigenvalue weighted by Crippen LogP contribution is -1.99. The monoisotopic (exact) mass is 330 g/mol. The topological polar surface area (TPSA) is 82.5 Å². The first-order valence-corrected chi connectivity index (χ1v) is 7.70. The van der Waals surface area contributed by atoms with Crippen LogP contribution in [0.3, 0.4) is 0 Å². The van der Waals surface area contributed by atoms with Crippen LogP contribution in [-0.2, 0) is 6.54 Å². The fourth-order valence-electron chi connectivity index (χ4n) is 2.32. The normalized spacial score (nSPS) is 11.2. The van der Waals surface area contributed by atoms with Gasteiger partial charge in [0, 0.05) is 24.0 Å². The van der Waals surface area contributed by atoms with Gasteiger partial charge in [-0.05, 0) is 23.3 Å². The van der Waals surface area contributed by atoms with Crippen LogP contribution in [0.2, 0.25) is 0 Å². The maximum absolute atomic E-state index is 5.27. The number of rotatable bonds is 5. The number of pyridine rings is 1. The molecular formula is C18H14N6O. The van der Waals surface area contributed by atoms with Crippen molar-refractivity contribution in [2.45, 2.75) is 6.54 Å². The minimum Gasteiger partial charge on any atom is -0.334 e. The minimum atomic E-state index is 0.450. The summed E-state index contributed by atoms with van der Waals surface area (Å²) in [5.74, 6) is 1.00. The first-order chi connectivity index (χ1) is 12.4. The van der Waals surface area contributed by atoms with Crippen LogP contribution in [0.1, 0.15) is 17.0 Å². The molecule has 0 amide bonds. The van der Waals surface area contributed by atoms with Crippen molar-refractivity contribution < 1.29 is 4.52 Å². The number of nitrogens with zero attached hydrogens (tertiary/aromatic N) is 6. The fourth-order valence-corrected chi connectivity index (χ4v) is 2.32. The van der Waals surface area contributed by atoms with Gasteiger partial charge in [0.15, 0.2) is 0 Å². The van der Waals surface area contributed by atoms with E-state index in [4.69, 9.17) is 4.52 Å². The van der Waals surface area contributed by atoms with Crippen LogP contribution >= 0.6 is 0 Å². The van der Waals surface area contributed by atoms with Crippen molar-refractivity contribution in [3.05, 3.63) is 78.5 Å². The molecule has 0 fully saturated rings. The van der Waals surface area contributed by atoms with E-state index in [-0.39, 0.29) is 0 Å². The Morgan fingerprint density at radius 3 is 2.72 bits per heavy atom. The molecule has 7 nitrogen and oxygen atoms in total. The molecule has 0 saturated heterocycles. The Morgan fingerprint density at radius 1 is 1.04 bits per heavy atom. The SMILES string of the molecule is C(=C\c1nc(-c2ccc(Cn3cncn3)cc2)no1)/c1cccnc1. The number of hydrogen-bond donors (Lipinski definition) is 0. The van der Waals surface area contributed by atoms with Crippen LogP contribution in [0.25, 0.3) is 23.5 Å². The molecule has 0 spiro atoms. The van der Waals surface area contributed by atoms with E-state index < -0.39 is 0 Å². The molecule has 0 aliphatic heterocycles. The minimum absolute atomic E-state index is 0.450.